The summed E-state index contributed by atoms with van der Waals surface area (Å²) in [5, 5.41) is 5.16. The van der Waals surface area contributed by atoms with Crippen LogP contribution in [-0.4, -0.2) is 29.4 Å². The summed E-state index contributed by atoms with van der Waals surface area (Å²) in [6.07, 6.45) is 1.84. The van der Waals surface area contributed by atoms with Gasteiger partial charge in [0.05, 0.1) is 0 Å². The van der Waals surface area contributed by atoms with Crippen molar-refractivity contribution >= 4 is 56.7 Å². The molecule has 31 heavy (non-hydrogen) atoms. The van der Waals surface area contributed by atoms with E-state index in [0.717, 1.165) is 22.9 Å². The van der Waals surface area contributed by atoms with Crippen LogP contribution in [0.5, 0.6) is 5.75 Å². The molecule has 0 aromatic heterocycles. The number of hydrazine groups is 1. The normalized spacial score (nSPS) is 12.5. The number of halogens is 1. The average molecular weight is 505 g/mol. The molecule has 0 bridgehead atoms. The van der Waals surface area contributed by atoms with Crippen LogP contribution in [0.25, 0.3) is 0 Å². The van der Waals surface area contributed by atoms with E-state index in [1.54, 1.807) is 30.3 Å². The van der Waals surface area contributed by atoms with E-state index >= 15 is 0 Å². The van der Waals surface area contributed by atoms with Crippen LogP contribution in [0.3, 0.4) is 0 Å². The van der Waals surface area contributed by atoms with Gasteiger partial charge in [-0.05, 0) is 80.0 Å². The topological polar surface area (TPSA) is 109 Å². The van der Waals surface area contributed by atoms with E-state index in [-0.39, 0.29) is 23.5 Å². The molecule has 3 amide bonds. The van der Waals surface area contributed by atoms with Crippen LogP contribution >= 0.6 is 28.1 Å². The van der Waals surface area contributed by atoms with Gasteiger partial charge in [-0.25, -0.2) is 0 Å². The van der Waals surface area contributed by atoms with Crippen molar-refractivity contribution < 1.29 is 19.1 Å². The second-order valence-electron chi connectivity index (χ2n) is 7.00. The van der Waals surface area contributed by atoms with Crippen LogP contribution in [0.4, 0.5) is 5.69 Å². The molecule has 0 saturated heterocycles. The standard InChI is InChI=1S/C21H21BrN4O4S/c1-12-10-15(22)6-9-17(12)30-11-18(27)24-21(31)26-25-20(29)14-4-7-16(8-5-14)23-19(28)13-2-3-13/h4-10,13H,2-3,11H2,1H3,(H,23,28)(H,25,29)(H2,24,26,27,31). The first-order chi connectivity index (χ1) is 14.8. The summed E-state index contributed by atoms with van der Waals surface area (Å²) < 4.78 is 6.39. The highest BCUT2D eigenvalue weighted by molar-refractivity contribution is 9.10. The fraction of sp³-hybridized carbons (Fsp3) is 0.238. The fourth-order valence-electron chi connectivity index (χ4n) is 2.59. The van der Waals surface area contributed by atoms with Crippen molar-refractivity contribution in [1.29, 1.82) is 0 Å². The highest BCUT2D eigenvalue weighted by Gasteiger charge is 2.29. The molecule has 0 spiro atoms. The molecule has 1 aliphatic carbocycles. The average Bonchev–Trinajstić information content (AvgIpc) is 3.57. The van der Waals surface area contributed by atoms with Crippen molar-refractivity contribution in [2.24, 2.45) is 5.92 Å². The zero-order valence-electron chi connectivity index (χ0n) is 16.7. The van der Waals surface area contributed by atoms with Crippen molar-refractivity contribution in [3.8, 4) is 5.75 Å². The molecule has 3 rings (SSSR count). The van der Waals surface area contributed by atoms with Gasteiger partial charge in [-0.3, -0.25) is 30.6 Å². The van der Waals surface area contributed by atoms with Crippen molar-refractivity contribution in [3.05, 3.63) is 58.1 Å². The lowest BCUT2D eigenvalue weighted by atomic mass is 10.2. The van der Waals surface area contributed by atoms with Gasteiger partial charge in [-0.2, -0.15) is 0 Å². The van der Waals surface area contributed by atoms with Crippen LogP contribution < -0.4 is 26.2 Å². The lowest BCUT2D eigenvalue weighted by Crippen LogP contribution is -2.49. The van der Waals surface area contributed by atoms with Gasteiger partial charge in [0.2, 0.25) is 5.91 Å². The van der Waals surface area contributed by atoms with Gasteiger partial charge < -0.3 is 10.1 Å². The van der Waals surface area contributed by atoms with Crippen LogP contribution in [0, 0.1) is 12.8 Å². The Kier molecular flexibility index (Phi) is 7.59. The first kappa shape index (κ1) is 22.7. The molecule has 4 N–H and O–H groups in total. The van der Waals surface area contributed by atoms with Crippen molar-refractivity contribution in [2.75, 3.05) is 11.9 Å². The minimum absolute atomic E-state index is 0.000710. The number of anilines is 1. The number of hydrogen-bond donors (Lipinski definition) is 4. The zero-order valence-corrected chi connectivity index (χ0v) is 19.1. The minimum Gasteiger partial charge on any atom is -0.483 e. The maximum absolute atomic E-state index is 12.2. The Bertz CT molecular complexity index is 1010. The number of ether oxygens (including phenoxy) is 1. The highest BCUT2D eigenvalue weighted by atomic mass is 79.9. The maximum Gasteiger partial charge on any atom is 0.269 e. The lowest BCUT2D eigenvalue weighted by molar-refractivity contribution is -0.121. The Hall–Kier alpha value is -2.98. The van der Waals surface area contributed by atoms with Gasteiger partial charge in [-0.1, -0.05) is 15.9 Å². The lowest BCUT2D eigenvalue weighted by Gasteiger charge is -2.12. The molecule has 1 fully saturated rings. The van der Waals surface area contributed by atoms with E-state index in [9.17, 15) is 14.4 Å². The van der Waals surface area contributed by atoms with E-state index in [2.05, 4.69) is 37.4 Å². The molecular formula is C21H21BrN4O4S. The third-order valence-electron chi connectivity index (χ3n) is 4.40. The molecule has 2 aromatic rings. The SMILES string of the molecule is Cc1cc(Br)ccc1OCC(=O)NC(=S)NNC(=O)c1ccc(NC(=O)C2CC2)cc1. The van der Waals surface area contributed by atoms with Crippen molar-refractivity contribution in [1.82, 2.24) is 16.2 Å². The first-order valence-electron chi connectivity index (χ1n) is 9.52. The van der Waals surface area contributed by atoms with Gasteiger partial charge >= 0.3 is 0 Å². The summed E-state index contributed by atoms with van der Waals surface area (Å²) >= 11 is 8.37. The predicted molar refractivity (Wildman–Crippen MR) is 124 cm³/mol. The quantitative estimate of drug-likeness (QED) is 0.355. The Morgan fingerprint density at radius 3 is 2.45 bits per heavy atom. The maximum atomic E-state index is 12.2. The summed E-state index contributed by atoms with van der Waals surface area (Å²) in [5.74, 6) is -0.225. The summed E-state index contributed by atoms with van der Waals surface area (Å²) in [6, 6.07) is 11.9. The molecule has 2 aromatic carbocycles. The number of benzene rings is 2. The number of hydrogen-bond acceptors (Lipinski definition) is 5. The Labute approximate surface area is 193 Å². The third-order valence-corrected chi connectivity index (χ3v) is 5.10. The number of amides is 3. The number of carbonyl (C=O) groups excluding carboxylic acids is 3. The summed E-state index contributed by atoms with van der Waals surface area (Å²) in [5.41, 5.74) is 6.74. The predicted octanol–water partition coefficient (Wildman–Crippen LogP) is 2.82. The minimum atomic E-state index is -0.468. The molecule has 0 unspecified atom stereocenters. The summed E-state index contributed by atoms with van der Waals surface area (Å²) in [7, 11) is 0. The number of carbonyl (C=O) groups is 3. The monoisotopic (exact) mass is 504 g/mol. The summed E-state index contributed by atoms with van der Waals surface area (Å²) in [6.45, 7) is 1.64. The molecule has 0 aliphatic heterocycles. The Morgan fingerprint density at radius 1 is 1.10 bits per heavy atom. The molecule has 1 saturated carbocycles. The smallest absolute Gasteiger partial charge is 0.269 e. The fourth-order valence-corrected chi connectivity index (χ4v) is 3.23. The van der Waals surface area contributed by atoms with Crippen LogP contribution in [-0.2, 0) is 9.59 Å². The highest BCUT2D eigenvalue weighted by Crippen LogP contribution is 2.30. The zero-order chi connectivity index (χ0) is 22.4. The van der Waals surface area contributed by atoms with Gasteiger partial charge in [0.25, 0.3) is 11.8 Å². The largest absolute Gasteiger partial charge is 0.483 e. The van der Waals surface area contributed by atoms with Gasteiger partial charge in [-0.15, -0.1) is 0 Å². The molecule has 0 atom stereocenters. The van der Waals surface area contributed by atoms with Crippen LogP contribution in [0.15, 0.2) is 46.9 Å². The van der Waals surface area contributed by atoms with Crippen molar-refractivity contribution in [2.45, 2.75) is 19.8 Å². The molecule has 8 nitrogen and oxygen atoms in total. The molecule has 1 aliphatic rings. The Balaban J connectivity index is 1.39. The second-order valence-corrected chi connectivity index (χ2v) is 8.32. The van der Waals surface area contributed by atoms with E-state index in [4.69, 9.17) is 17.0 Å². The molecule has 0 radical (unpaired) electrons. The summed E-state index contributed by atoms with van der Waals surface area (Å²) in [4.78, 5) is 35.9. The van der Waals surface area contributed by atoms with Gasteiger partial charge in [0.1, 0.15) is 5.75 Å². The second kappa shape index (κ2) is 10.4. The van der Waals surface area contributed by atoms with Crippen LogP contribution in [0.2, 0.25) is 0 Å². The van der Waals surface area contributed by atoms with E-state index in [1.807, 2.05) is 19.1 Å². The first-order valence-corrected chi connectivity index (χ1v) is 10.7. The molecule has 10 heteroatoms. The number of nitrogens with one attached hydrogen (secondary N) is 4. The molecule has 162 valence electrons. The van der Waals surface area contributed by atoms with E-state index < -0.39 is 11.8 Å². The molecule has 0 heterocycles. The van der Waals surface area contributed by atoms with Gasteiger partial charge in [0.15, 0.2) is 11.7 Å². The van der Waals surface area contributed by atoms with Crippen LogP contribution in [0.1, 0.15) is 28.8 Å². The van der Waals surface area contributed by atoms with E-state index in [1.165, 1.54) is 0 Å². The Morgan fingerprint density at radius 2 is 1.81 bits per heavy atom. The third kappa shape index (κ3) is 7.04. The van der Waals surface area contributed by atoms with E-state index in [0.29, 0.717) is 17.0 Å². The van der Waals surface area contributed by atoms with Crippen molar-refractivity contribution in [3.63, 3.8) is 0 Å². The van der Waals surface area contributed by atoms with Gasteiger partial charge in [0, 0.05) is 21.6 Å². The number of thiocarbonyl (C=S) groups is 1. The number of aryl methyl sites for hydroxylation is 1. The molecular weight excluding hydrogens is 484 g/mol. The number of rotatable bonds is 6.